The van der Waals surface area contributed by atoms with E-state index in [-0.39, 0.29) is 18.4 Å². The first kappa shape index (κ1) is 17.7. The Kier molecular flexibility index (Phi) is 6.83. The first-order chi connectivity index (χ1) is 8.62. The van der Waals surface area contributed by atoms with Crippen LogP contribution in [0, 0.1) is 5.92 Å². The molecular formula is C13H27N3O3. The van der Waals surface area contributed by atoms with Gasteiger partial charge < -0.3 is 21.1 Å². The van der Waals surface area contributed by atoms with Gasteiger partial charge in [-0.1, -0.05) is 20.3 Å². The van der Waals surface area contributed by atoms with E-state index < -0.39 is 17.7 Å². The Bertz CT molecular complexity index is 313. The van der Waals surface area contributed by atoms with E-state index in [2.05, 4.69) is 5.32 Å². The molecule has 0 radical (unpaired) electrons. The maximum atomic E-state index is 12.4. The van der Waals surface area contributed by atoms with Crippen molar-refractivity contribution in [2.24, 2.45) is 11.7 Å². The lowest BCUT2D eigenvalue weighted by atomic mass is 9.97. The van der Waals surface area contributed by atoms with Gasteiger partial charge in [0.25, 0.3) is 0 Å². The minimum absolute atomic E-state index is 0.0177. The van der Waals surface area contributed by atoms with Gasteiger partial charge in [-0.15, -0.1) is 0 Å². The number of hydrogen-bond acceptors (Lipinski definition) is 3. The van der Waals surface area contributed by atoms with Crippen LogP contribution in [0.25, 0.3) is 0 Å². The largest absolute Gasteiger partial charge is 0.389 e. The summed E-state index contributed by atoms with van der Waals surface area (Å²) in [6, 6.07) is -1.36. The number of nitrogens with zero attached hydrogens (tertiary/aromatic N) is 1. The summed E-state index contributed by atoms with van der Waals surface area (Å²) >= 11 is 0. The molecule has 0 rings (SSSR count). The van der Waals surface area contributed by atoms with Gasteiger partial charge in [-0.05, 0) is 26.7 Å². The minimum Gasteiger partial charge on any atom is -0.389 e. The van der Waals surface area contributed by atoms with Crippen LogP contribution in [0.2, 0.25) is 0 Å². The van der Waals surface area contributed by atoms with Crippen LogP contribution in [-0.2, 0) is 4.79 Å². The number of urea groups is 1. The lowest BCUT2D eigenvalue weighted by Crippen LogP contribution is -2.55. The van der Waals surface area contributed by atoms with Gasteiger partial charge in [-0.3, -0.25) is 4.79 Å². The summed E-state index contributed by atoms with van der Waals surface area (Å²) in [6.45, 7) is 9.63. The zero-order chi connectivity index (χ0) is 15.2. The summed E-state index contributed by atoms with van der Waals surface area (Å²) in [6.07, 6.45) is 0.747. The van der Waals surface area contributed by atoms with Crippen LogP contribution < -0.4 is 11.1 Å². The minimum atomic E-state index is -0.974. The van der Waals surface area contributed by atoms with Crippen LogP contribution in [-0.4, -0.2) is 46.7 Å². The van der Waals surface area contributed by atoms with Gasteiger partial charge in [0.05, 0.1) is 5.60 Å². The summed E-state index contributed by atoms with van der Waals surface area (Å²) in [5.41, 5.74) is 4.15. The normalized spacial score (nSPS) is 14.6. The highest BCUT2D eigenvalue weighted by molar-refractivity contribution is 5.86. The topological polar surface area (TPSA) is 95.7 Å². The number of primary amides is 1. The fourth-order valence-corrected chi connectivity index (χ4v) is 1.85. The highest BCUT2D eigenvalue weighted by Crippen LogP contribution is 2.13. The van der Waals surface area contributed by atoms with Gasteiger partial charge in [0.2, 0.25) is 5.91 Å². The monoisotopic (exact) mass is 273 g/mol. The smallest absolute Gasteiger partial charge is 0.312 e. The van der Waals surface area contributed by atoms with E-state index in [1.165, 1.54) is 4.90 Å². The third kappa shape index (κ3) is 6.42. The van der Waals surface area contributed by atoms with E-state index in [1.807, 2.05) is 20.8 Å². The molecule has 0 aliphatic carbocycles. The molecule has 2 atom stereocenters. The van der Waals surface area contributed by atoms with Crippen LogP contribution in [0.15, 0.2) is 0 Å². The zero-order valence-electron chi connectivity index (χ0n) is 12.6. The first-order valence-corrected chi connectivity index (χ1v) is 6.69. The molecule has 0 spiro atoms. The molecule has 0 aromatic carbocycles. The second kappa shape index (κ2) is 7.33. The standard InChI is InChI=1S/C13H27N3O3/c1-6-9(3)10(15-12(14)18)11(17)16(7-2)8-13(4,5)19/h9-10,19H,6-8H2,1-5H3,(H3,14,15,18). The molecule has 112 valence electrons. The molecule has 4 N–H and O–H groups in total. The highest BCUT2D eigenvalue weighted by Gasteiger charge is 2.31. The molecule has 0 heterocycles. The molecule has 0 bridgehead atoms. The Labute approximate surface area is 115 Å². The lowest BCUT2D eigenvalue weighted by Gasteiger charge is -2.33. The van der Waals surface area contributed by atoms with Gasteiger partial charge in [-0.2, -0.15) is 0 Å². The van der Waals surface area contributed by atoms with Gasteiger partial charge in [0, 0.05) is 13.1 Å². The third-order valence-corrected chi connectivity index (χ3v) is 3.05. The van der Waals surface area contributed by atoms with Crippen molar-refractivity contribution in [1.29, 1.82) is 0 Å². The van der Waals surface area contributed by atoms with E-state index in [1.54, 1.807) is 13.8 Å². The van der Waals surface area contributed by atoms with Crippen molar-refractivity contribution >= 4 is 11.9 Å². The fraction of sp³-hybridized carbons (Fsp3) is 0.846. The molecular weight excluding hydrogens is 246 g/mol. The molecule has 0 saturated heterocycles. The summed E-state index contributed by atoms with van der Waals surface area (Å²) in [4.78, 5) is 25.0. The average Bonchev–Trinajstić information content (AvgIpc) is 2.29. The molecule has 6 heteroatoms. The van der Waals surface area contributed by atoms with Crippen molar-refractivity contribution < 1.29 is 14.7 Å². The average molecular weight is 273 g/mol. The molecule has 0 aliphatic rings. The lowest BCUT2D eigenvalue weighted by molar-refractivity contribution is -0.137. The highest BCUT2D eigenvalue weighted by atomic mass is 16.3. The third-order valence-electron chi connectivity index (χ3n) is 3.05. The number of likely N-dealkylation sites (N-methyl/N-ethyl adjacent to an activating group) is 1. The summed E-state index contributed by atoms with van der Waals surface area (Å²) in [7, 11) is 0. The summed E-state index contributed by atoms with van der Waals surface area (Å²) < 4.78 is 0. The predicted octanol–water partition coefficient (Wildman–Crippen LogP) is 0.689. The Morgan fingerprint density at radius 3 is 2.21 bits per heavy atom. The Morgan fingerprint density at radius 1 is 1.37 bits per heavy atom. The van der Waals surface area contributed by atoms with E-state index in [0.29, 0.717) is 6.54 Å². The van der Waals surface area contributed by atoms with Crippen LogP contribution >= 0.6 is 0 Å². The number of rotatable bonds is 7. The maximum absolute atomic E-state index is 12.4. The van der Waals surface area contributed by atoms with Crippen molar-refractivity contribution in [2.45, 2.75) is 52.7 Å². The summed E-state index contributed by atoms with van der Waals surface area (Å²) in [5, 5.41) is 12.3. The predicted molar refractivity (Wildman–Crippen MR) is 74.5 cm³/mol. The number of amides is 3. The quantitative estimate of drug-likeness (QED) is 0.636. The SMILES string of the molecule is CCC(C)C(NC(N)=O)C(=O)N(CC)CC(C)(C)O. The zero-order valence-corrected chi connectivity index (χ0v) is 12.6. The molecule has 0 aromatic rings. The van der Waals surface area contributed by atoms with Crippen molar-refractivity contribution in [3.05, 3.63) is 0 Å². The molecule has 6 nitrogen and oxygen atoms in total. The summed E-state index contributed by atoms with van der Waals surface area (Å²) in [5.74, 6) is -0.228. The fourth-order valence-electron chi connectivity index (χ4n) is 1.85. The number of hydrogen-bond donors (Lipinski definition) is 3. The van der Waals surface area contributed by atoms with Gasteiger partial charge in [-0.25, -0.2) is 4.79 Å². The van der Waals surface area contributed by atoms with E-state index in [0.717, 1.165) is 6.42 Å². The number of nitrogens with one attached hydrogen (secondary N) is 1. The Hall–Kier alpha value is -1.30. The first-order valence-electron chi connectivity index (χ1n) is 6.69. The molecule has 0 saturated carbocycles. The Morgan fingerprint density at radius 2 is 1.89 bits per heavy atom. The van der Waals surface area contributed by atoms with Crippen LogP contribution in [0.5, 0.6) is 0 Å². The van der Waals surface area contributed by atoms with Gasteiger partial charge in [0.15, 0.2) is 0 Å². The molecule has 3 amide bonds. The van der Waals surface area contributed by atoms with E-state index in [4.69, 9.17) is 5.73 Å². The van der Waals surface area contributed by atoms with Gasteiger partial charge in [0.1, 0.15) is 6.04 Å². The molecule has 2 unspecified atom stereocenters. The maximum Gasteiger partial charge on any atom is 0.312 e. The van der Waals surface area contributed by atoms with Crippen LogP contribution in [0.3, 0.4) is 0 Å². The number of carbonyl (C=O) groups excluding carboxylic acids is 2. The van der Waals surface area contributed by atoms with Gasteiger partial charge >= 0.3 is 6.03 Å². The molecule has 0 fully saturated rings. The van der Waals surface area contributed by atoms with Crippen LogP contribution in [0.1, 0.15) is 41.0 Å². The van der Waals surface area contributed by atoms with Crippen molar-refractivity contribution in [3.8, 4) is 0 Å². The van der Waals surface area contributed by atoms with Crippen molar-refractivity contribution in [1.82, 2.24) is 10.2 Å². The number of carbonyl (C=O) groups is 2. The second-order valence-corrected chi connectivity index (χ2v) is 5.54. The number of aliphatic hydroxyl groups is 1. The van der Waals surface area contributed by atoms with E-state index >= 15 is 0 Å². The molecule has 0 aliphatic heterocycles. The molecule has 19 heavy (non-hydrogen) atoms. The van der Waals surface area contributed by atoms with Crippen LogP contribution in [0.4, 0.5) is 4.79 Å². The van der Waals surface area contributed by atoms with Crippen molar-refractivity contribution in [3.63, 3.8) is 0 Å². The second-order valence-electron chi connectivity index (χ2n) is 5.54. The van der Waals surface area contributed by atoms with Crippen molar-refractivity contribution in [2.75, 3.05) is 13.1 Å². The number of nitrogens with two attached hydrogens (primary N) is 1. The van der Waals surface area contributed by atoms with E-state index in [9.17, 15) is 14.7 Å². The molecule has 0 aromatic heterocycles. The Balaban J connectivity index is 4.98.